The van der Waals surface area contributed by atoms with Crippen LogP contribution in [0, 0.1) is 6.92 Å². The molecule has 6 nitrogen and oxygen atoms in total. The fourth-order valence-corrected chi connectivity index (χ4v) is 3.55. The number of amides is 1. The molecule has 1 N–H and O–H groups in total. The van der Waals surface area contributed by atoms with E-state index < -0.39 is 0 Å². The zero-order valence-electron chi connectivity index (χ0n) is 14.8. The molecule has 0 spiro atoms. The van der Waals surface area contributed by atoms with Gasteiger partial charge >= 0.3 is 0 Å². The molecule has 140 valence electrons. The first-order chi connectivity index (χ1) is 13.6. The molecule has 3 aromatic heterocycles. The Morgan fingerprint density at radius 2 is 2.14 bits per heavy atom. The first-order valence-corrected chi connectivity index (χ1v) is 9.66. The Morgan fingerprint density at radius 3 is 2.93 bits per heavy atom. The van der Waals surface area contributed by atoms with E-state index in [0.717, 1.165) is 11.3 Å². The number of hydrogen-bond acceptors (Lipinski definition) is 5. The average Bonchev–Trinajstić information content (AvgIpc) is 3.41. The van der Waals surface area contributed by atoms with Gasteiger partial charge in [0.1, 0.15) is 11.5 Å². The topological polar surface area (TPSA) is 73.0 Å². The third kappa shape index (κ3) is 3.90. The molecule has 1 amide bonds. The maximum atomic E-state index is 12.4. The minimum atomic E-state index is -0.288. The van der Waals surface area contributed by atoms with Crippen molar-refractivity contribution in [3.63, 3.8) is 0 Å². The Hall–Kier alpha value is -3.16. The fourth-order valence-electron chi connectivity index (χ4n) is 2.58. The van der Waals surface area contributed by atoms with Gasteiger partial charge in [0, 0.05) is 22.5 Å². The summed E-state index contributed by atoms with van der Waals surface area (Å²) in [5.74, 6) is 0.926. The van der Waals surface area contributed by atoms with Crippen LogP contribution in [0.3, 0.4) is 0 Å². The van der Waals surface area contributed by atoms with Crippen LogP contribution in [-0.2, 0) is 4.79 Å². The first-order valence-electron chi connectivity index (χ1n) is 8.40. The van der Waals surface area contributed by atoms with E-state index in [4.69, 9.17) is 16.0 Å². The zero-order valence-corrected chi connectivity index (χ0v) is 16.4. The lowest BCUT2D eigenvalue weighted by molar-refractivity contribution is -0.111. The number of aromatic nitrogens is 3. The Kier molecular flexibility index (Phi) is 5.10. The third-order valence-electron chi connectivity index (χ3n) is 3.85. The summed E-state index contributed by atoms with van der Waals surface area (Å²) < 4.78 is 6.98. The number of furan rings is 1. The van der Waals surface area contributed by atoms with Gasteiger partial charge in [-0.25, -0.2) is 4.98 Å². The second-order valence-electron chi connectivity index (χ2n) is 5.92. The smallest absolute Gasteiger partial charge is 0.249 e. The SMILES string of the molecule is Cc1cc(NC(=O)/C=C/c2ccccc2Cl)n(-c2nc(-c3ccco3)cs2)n1. The molecule has 0 unspecified atom stereocenters. The monoisotopic (exact) mass is 410 g/mol. The molecule has 0 aliphatic rings. The van der Waals surface area contributed by atoms with Gasteiger partial charge in [-0.15, -0.1) is 11.3 Å². The molecule has 0 radical (unpaired) electrons. The minimum absolute atomic E-state index is 0.288. The predicted octanol–water partition coefficient (Wildman–Crippen LogP) is 5.20. The highest BCUT2D eigenvalue weighted by molar-refractivity contribution is 7.12. The van der Waals surface area contributed by atoms with Crippen molar-refractivity contribution in [2.75, 3.05) is 5.32 Å². The van der Waals surface area contributed by atoms with Gasteiger partial charge in [-0.1, -0.05) is 29.8 Å². The molecular formula is C20H15ClN4O2S. The third-order valence-corrected chi connectivity index (χ3v) is 5.01. The van der Waals surface area contributed by atoms with Gasteiger partial charge < -0.3 is 9.73 Å². The molecule has 0 saturated heterocycles. The van der Waals surface area contributed by atoms with Crippen LogP contribution in [0.4, 0.5) is 5.82 Å². The molecule has 0 atom stereocenters. The average molecular weight is 411 g/mol. The first kappa shape index (κ1) is 18.2. The molecule has 1 aromatic carbocycles. The minimum Gasteiger partial charge on any atom is -0.463 e. The van der Waals surface area contributed by atoms with Gasteiger partial charge in [0.05, 0.1) is 12.0 Å². The zero-order chi connectivity index (χ0) is 19.5. The fraction of sp³-hybridized carbons (Fsp3) is 0.0500. The summed E-state index contributed by atoms with van der Waals surface area (Å²) in [4.78, 5) is 16.9. The van der Waals surface area contributed by atoms with Crippen molar-refractivity contribution in [3.8, 4) is 16.6 Å². The van der Waals surface area contributed by atoms with Crippen LogP contribution in [-0.4, -0.2) is 20.7 Å². The van der Waals surface area contributed by atoms with Gasteiger partial charge in [-0.3, -0.25) is 4.79 Å². The predicted molar refractivity (Wildman–Crippen MR) is 111 cm³/mol. The van der Waals surface area contributed by atoms with Crippen molar-refractivity contribution in [2.45, 2.75) is 6.92 Å². The van der Waals surface area contributed by atoms with Crippen LogP contribution in [0.25, 0.3) is 22.7 Å². The number of rotatable bonds is 5. The van der Waals surface area contributed by atoms with Gasteiger partial charge in [0.15, 0.2) is 5.76 Å². The standard InChI is InChI=1S/C20H15ClN4O2S/c1-13-11-18(23-19(26)9-8-14-5-2-3-6-15(14)21)25(24-13)20-22-16(12-28-20)17-7-4-10-27-17/h2-12H,1H3,(H,23,26)/b9-8+. The number of benzene rings is 1. The molecule has 4 aromatic rings. The molecule has 3 heterocycles. The van der Waals surface area contributed by atoms with Gasteiger partial charge in [-0.2, -0.15) is 9.78 Å². The van der Waals surface area contributed by atoms with Gasteiger partial charge in [0.2, 0.25) is 11.0 Å². The number of halogens is 1. The number of nitrogens with one attached hydrogen (secondary N) is 1. The van der Waals surface area contributed by atoms with E-state index in [2.05, 4.69) is 15.4 Å². The molecule has 0 fully saturated rings. The lowest BCUT2D eigenvalue weighted by atomic mass is 10.2. The summed E-state index contributed by atoms with van der Waals surface area (Å²) in [6, 6.07) is 12.8. The van der Waals surface area contributed by atoms with Crippen molar-refractivity contribution < 1.29 is 9.21 Å². The second-order valence-corrected chi connectivity index (χ2v) is 7.16. The van der Waals surface area contributed by atoms with Crippen LogP contribution in [0.5, 0.6) is 0 Å². The quantitative estimate of drug-likeness (QED) is 0.459. The lowest BCUT2D eigenvalue weighted by Crippen LogP contribution is -2.12. The summed E-state index contributed by atoms with van der Waals surface area (Å²) >= 11 is 7.52. The molecule has 28 heavy (non-hydrogen) atoms. The molecule has 0 aliphatic heterocycles. The van der Waals surface area contributed by atoms with E-state index in [-0.39, 0.29) is 5.91 Å². The van der Waals surface area contributed by atoms with Crippen molar-refractivity contribution in [1.82, 2.24) is 14.8 Å². The van der Waals surface area contributed by atoms with E-state index in [9.17, 15) is 4.79 Å². The largest absolute Gasteiger partial charge is 0.463 e. The van der Waals surface area contributed by atoms with Gasteiger partial charge in [0.25, 0.3) is 0 Å². The maximum absolute atomic E-state index is 12.4. The van der Waals surface area contributed by atoms with E-state index in [1.54, 1.807) is 29.2 Å². The second kappa shape index (κ2) is 7.84. The van der Waals surface area contributed by atoms with Crippen LogP contribution in [0.1, 0.15) is 11.3 Å². The Bertz CT molecular complexity index is 1140. The summed E-state index contributed by atoms with van der Waals surface area (Å²) in [5, 5.41) is 10.4. The molecule has 4 rings (SSSR count). The molecular weight excluding hydrogens is 396 g/mol. The van der Waals surface area contributed by atoms with Crippen LogP contribution in [0.15, 0.2) is 64.6 Å². The van der Waals surface area contributed by atoms with Crippen LogP contribution >= 0.6 is 22.9 Å². The maximum Gasteiger partial charge on any atom is 0.249 e. The summed E-state index contributed by atoms with van der Waals surface area (Å²) in [6.45, 7) is 1.85. The van der Waals surface area contributed by atoms with Crippen molar-refractivity contribution in [2.24, 2.45) is 0 Å². The number of hydrogen-bond donors (Lipinski definition) is 1. The highest BCUT2D eigenvalue weighted by Gasteiger charge is 2.14. The van der Waals surface area contributed by atoms with E-state index in [1.807, 2.05) is 42.6 Å². The van der Waals surface area contributed by atoms with Crippen LogP contribution < -0.4 is 5.32 Å². The van der Waals surface area contributed by atoms with Crippen molar-refractivity contribution in [1.29, 1.82) is 0 Å². The highest BCUT2D eigenvalue weighted by Crippen LogP contribution is 2.26. The summed E-state index contributed by atoms with van der Waals surface area (Å²) in [7, 11) is 0. The van der Waals surface area contributed by atoms with E-state index >= 15 is 0 Å². The number of anilines is 1. The number of thiazole rings is 1. The Labute approximate surface area is 170 Å². The Balaban J connectivity index is 1.55. The number of carbonyl (C=O) groups is 1. The van der Waals surface area contributed by atoms with Gasteiger partial charge in [-0.05, 0) is 36.8 Å². The number of aryl methyl sites for hydroxylation is 1. The van der Waals surface area contributed by atoms with E-state index in [0.29, 0.717) is 27.4 Å². The van der Waals surface area contributed by atoms with Crippen molar-refractivity contribution >= 4 is 40.7 Å². The summed E-state index contributed by atoms with van der Waals surface area (Å²) in [6.07, 6.45) is 4.71. The normalized spacial score (nSPS) is 11.2. The Morgan fingerprint density at radius 1 is 1.29 bits per heavy atom. The number of nitrogens with zero attached hydrogens (tertiary/aromatic N) is 3. The van der Waals surface area contributed by atoms with Crippen molar-refractivity contribution in [3.05, 3.63) is 76.5 Å². The molecule has 8 heteroatoms. The molecule has 0 aliphatic carbocycles. The van der Waals surface area contributed by atoms with Crippen LogP contribution in [0.2, 0.25) is 5.02 Å². The lowest BCUT2D eigenvalue weighted by Gasteiger charge is -2.04. The molecule has 0 saturated carbocycles. The molecule has 0 bridgehead atoms. The highest BCUT2D eigenvalue weighted by atomic mass is 35.5. The summed E-state index contributed by atoms with van der Waals surface area (Å²) in [5.41, 5.74) is 2.25. The number of carbonyl (C=O) groups excluding carboxylic acids is 1. The van der Waals surface area contributed by atoms with E-state index in [1.165, 1.54) is 17.4 Å².